The number of hydrogen-bond donors (Lipinski definition) is 1. The number of nitrogens with zero attached hydrogens (tertiary/aromatic N) is 4. The molecule has 1 aromatic rings. The molecule has 2 N–H and O–H groups in total. The quantitative estimate of drug-likeness (QED) is 0.784. The Morgan fingerprint density at radius 2 is 2.20 bits per heavy atom. The lowest BCUT2D eigenvalue weighted by Crippen LogP contribution is -2.35. The van der Waals surface area contributed by atoms with E-state index >= 15 is 0 Å². The largest absolute Gasteiger partial charge is 0.368 e. The van der Waals surface area contributed by atoms with E-state index in [9.17, 15) is 0 Å². The zero-order valence-corrected chi connectivity index (χ0v) is 9.41. The molecule has 1 aliphatic heterocycles. The Morgan fingerprint density at radius 3 is 2.87 bits per heavy atom. The first-order valence-electron chi connectivity index (χ1n) is 5.07. The normalized spacial score (nSPS) is 21.7. The zero-order chi connectivity index (χ0) is 10.8. The van der Waals surface area contributed by atoms with Gasteiger partial charge in [0.25, 0.3) is 0 Å². The Kier molecular flexibility index (Phi) is 2.90. The van der Waals surface area contributed by atoms with Gasteiger partial charge >= 0.3 is 0 Å². The molecule has 1 saturated heterocycles. The average molecular weight is 228 g/mol. The van der Waals surface area contributed by atoms with Crippen LogP contribution in [0.2, 0.25) is 5.28 Å². The van der Waals surface area contributed by atoms with E-state index in [1.165, 1.54) is 6.42 Å². The Morgan fingerprint density at radius 1 is 1.40 bits per heavy atom. The Bertz CT molecular complexity index is 336. The van der Waals surface area contributed by atoms with Gasteiger partial charge in [-0.25, -0.2) is 0 Å². The summed E-state index contributed by atoms with van der Waals surface area (Å²) in [4.78, 5) is 14.0. The number of rotatable bonds is 1. The lowest BCUT2D eigenvalue weighted by atomic mass is 10.0. The van der Waals surface area contributed by atoms with Gasteiger partial charge in [-0.1, -0.05) is 6.92 Å². The van der Waals surface area contributed by atoms with Crippen molar-refractivity contribution in [1.29, 1.82) is 0 Å². The fourth-order valence-electron chi connectivity index (χ4n) is 1.87. The third-order valence-electron chi connectivity index (χ3n) is 2.55. The highest BCUT2D eigenvalue weighted by molar-refractivity contribution is 6.28. The van der Waals surface area contributed by atoms with Crippen molar-refractivity contribution in [2.45, 2.75) is 19.8 Å². The maximum Gasteiger partial charge on any atom is 0.231 e. The van der Waals surface area contributed by atoms with Gasteiger partial charge in [-0.05, 0) is 30.4 Å². The van der Waals surface area contributed by atoms with Gasteiger partial charge in [-0.15, -0.1) is 0 Å². The topological polar surface area (TPSA) is 67.9 Å². The van der Waals surface area contributed by atoms with E-state index in [2.05, 4.69) is 26.8 Å². The van der Waals surface area contributed by atoms with Crippen LogP contribution in [0.15, 0.2) is 0 Å². The van der Waals surface area contributed by atoms with E-state index in [-0.39, 0.29) is 11.2 Å². The summed E-state index contributed by atoms with van der Waals surface area (Å²) in [7, 11) is 0. The SMILES string of the molecule is C[C@H]1CCCN(c2nc(N)nc(Cl)n2)C1. The molecule has 82 valence electrons. The minimum Gasteiger partial charge on any atom is -0.368 e. The van der Waals surface area contributed by atoms with E-state index in [4.69, 9.17) is 17.3 Å². The van der Waals surface area contributed by atoms with E-state index in [1.807, 2.05) is 0 Å². The summed E-state index contributed by atoms with van der Waals surface area (Å²) in [5.74, 6) is 1.44. The standard InChI is InChI=1S/C9H14ClN5/c1-6-3-2-4-15(5-6)9-13-7(10)12-8(11)14-9/h6H,2-5H2,1H3,(H2,11,12,13,14)/t6-/m0/s1. The van der Waals surface area contributed by atoms with Crippen LogP contribution < -0.4 is 10.6 Å². The number of nitrogens with two attached hydrogens (primary N) is 1. The molecule has 2 rings (SSSR count). The molecule has 1 fully saturated rings. The van der Waals surface area contributed by atoms with Gasteiger partial charge in [-0.3, -0.25) is 0 Å². The van der Waals surface area contributed by atoms with Gasteiger partial charge in [-0.2, -0.15) is 15.0 Å². The van der Waals surface area contributed by atoms with Crippen LogP contribution in [0, 0.1) is 5.92 Å². The molecule has 1 atom stereocenters. The van der Waals surface area contributed by atoms with Crippen LogP contribution in [0.5, 0.6) is 0 Å². The molecule has 0 bridgehead atoms. The van der Waals surface area contributed by atoms with Crippen molar-refractivity contribution in [2.75, 3.05) is 23.7 Å². The highest BCUT2D eigenvalue weighted by Gasteiger charge is 2.19. The summed E-state index contributed by atoms with van der Waals surface area (Å²) >= 11 is 5.74. The molecule has 0 amide bonds. The monoisotopic (exact) mass is 227 g/mol. The lowest BCUT2D eigenvalue weighted by molar-refractivity contribution is 0.442. The maximum absolute atomic E-state index is 5.74. The highest BCUT2D eigenvalue weighted by Crippen LogP contribution is 2.20. The van der Waals surface area contributed by atoms with Crippen molar-refractivity contribution in [2.24, 2.45) is 5.92 Å². The van der Waals surface area contributed by atoms with Gasteiger partial charge in [0.1, 0.15) is 0 Å². The smallest absolute Gasteiger partial charge is 0.231 e. The summed E-state index contributed by atoms with van der Waals surface area (Å²) in [6, 6.07) is 0. The second kappa shape index (κ2) is 4.18. The number of aromatic nitrogens is 3. The molecule has 0 spiro atoms. The predicted molar refractivity (Wildman–Crippen MR) is 59.9 cm³/mol. The predicted octanol–water partition coefficient (Wildman–Crippen LogP) is 1.34. The molecule has 0 aromatic carbocycles. The summed E-state index contributed by atoms with van der Waals surface area (Å²) < 4.78 is 0. The minimum absolute atomic E-state index is 0.163. The summed E-state index contributed by atoms with van der Waals surface area (Å²) in [5, 5.41) is 0.163. The van der Waals surface area contributed by atoms with Gasteiger partial charge < -0.3 is 10.6 Å². The van der Waals surface area contributed by atoms with Crippen molar-refractivity contribution in [1.82, 2.24) is 15.0 Å². The fraction of sp³-hybridized carbons (Fsp3) is 0.667. The molecule has 6 heteroatoms. The molecular weight excluding hydrogens is 214 g/mol. The molecule has 15 heavy (non-hydrogen) atoms. The molecule has 2 heterocycles. The molecule has 0 radical (unpaired) electrons. The van der Waals surface area contributed by atoms with Crippen molar-refractivity contribution >= 4 is 23.5 Å². The van der Waals surface area contributed by atoms with E-state index < -0.39 is 0 Å². The molecule has 0 aliphatic carbocycles. The number of halogens is 1. The van der Waals surface area contributed by atoms with Crippen LogP contribution >= 0.6 is 11.6 Å². The van der Waals surface area contributed by atoms with Gasteiger partial charge in [0.05, 0.1) is 0 Å². The number of hydrogen-bond acceptors (Lipinski definition) is 5. The summed E-state index contributed by atoms with van der Waals surface area (Å²) in [6.07, 6.45) is 2.41. The van der Waals surface area contributed by atoms with Crippen molar-refractivity contribution in [3.05, 3.63) is 5.28 Å². The average Bonchev–Trinajstić information content (AvgIpc) is 2.16. The van der Waals surface area contributed by atoms with E-state index in [1.54, 1.807) is 0 Å². The van der Waals surface area contributed by atoms with Gasteiger partial charge in [0, 0.05) is 13.1 Å². The third-order valence-corrected chi connectivity index (χ3v) is 2.72. The first-order chi connectivity index (χ1) is 7.15. The second-order valence-electron chi connectivity index (χ2n) is 3.96. The summed E-state index contributed by atoms with van der Waals surface area (Å²) in [6.45, 7) is 4.14. The molecule has 1 aromatic heterocycles. The first kappa shape index (κ1) is 10.4. The Labute approximate surface area is 93.7 Å². The van der Waals surface area contributed by atoms with Crippen LogP contribution in [-0.4, -0.2) is 28.0 Å². The second-order valence-corrected chi connectivity index (χ2v) is 4.29. The number of nitrogen functional groups attached to an aromatic ring is 1. The van der Waals surface area contributed by atoms with Gasteiger partial charge in [0.15, 0.2) is 0 Å². The molecule has 5 nitrogen and oxygen atoms in total. The number of piperidine rings is 1. The van der Waals surface area contributed by atoms with Crippen LogP contribution in [-0.2, 0) is 0 Å². The lowest BCUT2D eigenvalue weighted by Gasteiger charge is -2.30. The van der Waals surface area contributed by atoms with Crippen molar-refractivity contribution in [3.63, 3.8) is 0 Å². The van der Waals surface area contributed by atoms with E-state index in [0.717, 1.165) is 19.5 Å². The Balaban J connectivity index is 2.20. The Hall–Kier alpha value is -1.10. The maximum atomic E-state index is 5.74. The van der Waals surface area contributed by atoms with Crippen molar-refractivity contribution < 1.29 is 0 Å². The van der Waals surface area contributed by atoms with Crippen LogP contribution in [0.1, 0.15) is 19.8 Å². The zero-order valence-electron chi connectivity index (χ0n) is 8.65. The molecular formula is C9H14ClN5. The summed E-state index contributed by atoms with van der Waals surface area (Å²) in [5.41, 5.74) is 5.53. The number of anilines is 2. The molecule has 1 aliphatic rings. The highest BCUT2D eigenvalue weighted by atomic mass is 35.5. The van der Waals surface area contributed by atoms with Crippen LogP contribution in [0.4, 0.5) is 11.9 Å². The molecule has 0 unspecified atom stereocenters. The molecule has 0 saturated carbocycles. The van der Waals surface area contributed by atoms with Crippen LogP contribution in [0.25, 0.3) is 0 Å². The van der Waals surface area contributed by atoms with Crippen LogP contribution in [0.3, 0.4) is 0 Å². The first-order valence-corrected chi connectivity index (χ1v) is 5.45. The minimum atomic E-state index is 0.163. The van der Waals surface area contributed by atoms with E-state index in [0.29, 0.717) is 11.9 Å². The van der Waals surface area contributed by atoms with Crippen molar-refractivity contribution in [3.8, 4) is 0 Å². The van der Waals surface area contributed by atoms with Gasteiger partial charge in [0.2, 0.25) is 17.2 Å². The fourth-order valence-corrected chi connectivity index (χ4v) is 2.03. The third kappa shape index (κ3) is 2.47.